The molecule has 0 aliphatic carbocycles. The second kappa shape index (κ2) is 28.8. The Morgan fingerprint density at radius 2 is 1.05 bits per heavy atom. The van der Waals surface area contributed by atoms with E-state index in [2.05, 4.69) is 14.7 Å². The molecule has 0 saturated heterocycles. The fourth-order valence-electron chi connectivity index (χ4n) is 6.56. The minimum absolute atomic E-state index is 0. The Morgan fingerprint density at radius 1 is 0.680 bits per heavy atom. The van der Waals surface area contributed by atoms with E-state index < -0.39 is 63.2 Å². The molecule has 0 aliphatic heterocycles. The summed E-state index contributed by atoms with van der Waals surface area (Å²) in [6.45, 7) is 10.0. The fourth-order valence-corrected chi connectivity index (χ4v) is 8.43. The van der Waals surface area contributed by atoms with Crippen LogP contribution >= 0.6 is 22.7 Å². The van der Waals surface area contributed by atoms with Crippen molar-refractivity contribution in [2.45, 2.75) is 79.1 Å². The number of nitrogens with zero attached hydrogens (tertiary/aromatic N) is 2. The molecule has 0 aliphatic rings. The van der Waals surface area contributed by atoms with Crippen molar-refractivity contribution in [1.29, 1.82) is 0 Å². The monoisotopic (exact) mass is 1060 g/mol. The summed E-state index contributed by atoms with van der Waals surface area (Å²) >= 11 is 2.34. The number of carbonyl (C=O) groups is 4. The zero-order valence-corrected chi connectivity index (χ0v) is 43.6. The van der Waals surface area contributed by atoms with E-state index in [1.165, 1.54) is 111 Å². The number of aryl methyl sites for hydroxylation is 2. The summed E-state index contributed by atoms with van der Waals surface area (Å²) in [4.78, 5) is 82.6. The second-order valence-corrected chi connectivity index (χ2v) is 18.3. The van der Waals surface area contributed by atoms with Gasteiger partial charge in [0.05, 0.1) is 28.3 Å². The number of aliphatic carboxylic acids is 1. The first-order chi connectivity index (χ1) is 34.6. The normalized spacial score (nSPS) is 12.2. The Morgan fingerprint density at radius 3 is 1.40 bits per heavy atom. The van der Waals surface area contributed by atoms with Crippen LogP contribution in [-0.4, -0.2) is 61.4 Å². The van der Waals surface area contributed by atoms with Gasteiger partial charge < -0.3 is 43.8 Å². The summed E-state index contributed by atoms with van der Waals surface area (Å²) < 4.78 is 52.6. The Kier molecular flexibility index (Phi) is 23.7. The van der Waals surface area contributed by atoms with Gasteiger partial charge >= 0.3 is 42.1 Å². The topological polar surface area (TPSA) is 273 Å². The third-order valence-corrected chi connectivity index (χ3v) is 12.6. The van der Waals surface area contributed by atoms with E-state index >= 15 is 0 Å². The Labute approximate surface area is 448 Å². The summed E-state index contributed by atoms with van der Waals surface area (Å²) in [5.74, 6) is -3.93. The fraction of sp³-hybridized carbons (Fsp3) is 0.245. The van der Waals surface area contributed by atoms with E-state index in [-0.39, 0.29) is 64.7 Å². The first-order valence-corrected chi connectivity index (χ1v) is 23.9. The van der Waals surface area contributed by atoms with E-state index in [9.17, 15) is 47.8 Å². The van der Waals surface area contributed by atoms with Crippen molar-refractivity contribution in [2.75, 3.05) is 7.11 Å². The van der Waals surface area contributed by atoms with Crippen LogP contribution in [0.15, 0.2) is 115 Å². The number of carbonyl (C=O) groups excluding carboxylic acids is 3. The molecule has 4 N–H and O–H groups in total. The van der Waals surface area contributed by atoms with Crippen LogP contribution in [0.25, 0.3) is 12.2 Å². The average Bonchev–Trinajstić information content (AvgIpc) is 3.87. The van der Waals surface area contributed by atoms with Gasteiger partial charge in [0.2, 0.25) is 0 Å². The Hall–Kier alpha value is -7.54. The molecule has 2 unspecified atom stereocenters. The molecular formula is C53H51F2LiN2O15S2. The van der Waals surface area contributed by atoms with Gasteiger partial charge in [-0.2, -0.15) is 0 Å². The zero-order valence-electron chi connectivity index (χ0n) is 42.0. The van der Waals surface area contributed by atoms with Crippen LogP contribution in [0.1, 0.15) is 119 Å². The molecule has 6 aromatic rings. The van der Waals surface area contributed by atoms with Gasteiger partial charge in [-0.1, -0.05) is 48.7 Å². The molecule has 0 fully saturated rings. The number of aromatic nitrogens is 2. The predicted molar refractivity (Wildman–Crippen MR) is 271 cm³/mol. The van der Waals surface area contributed by atoms with Crippen LogP contribution in [-0.2, 0) is 14.3 Å². The summed E-state index contributed by atoms with van der Waals surface area (Å²) in [7, 11) is 1.28. The van der Waals surface area contributed by atoms with Gasteiger partial charge in [-0.25, -0.2) is 37.9 Å². The third kappa shape index (κ3) is 17.8. The number of ether oxygens (including phenoxy) is 3. The number of thiazole rings is 2. The number of esters is 1. The van der Waals surface area contributed by atoms with E-state index in [0.29, 0.717) is 68.7 Å². The van der Waals surface area contributed by atoms with Crippen molar-refractivity contribution in [2.24, 2.45) is 0 Å². The number of Topliss-reactive ketones (excluding diaryl/α,β-unsaturated/α-hetero) is 2. The third-order valence-electron chi connectivity index (χ3n) is 10.6. The van der Waals surface area contributed by atoms with Gasteiger partial charge in [-0.3, -0.25) is 9.59 Å². The molecule has 4 heterocycles. The molecule has 2 atom stereocenters. The van der Waals surface area contributed by atoms with E-state index in [4.69, 9.17) is 23.4 Å². The first-order valence-electron chi connectivity index (χ1n) is 22.3. The zero-order chi connectivity index (χ0) is 53.5. The molecule has 2 aromatic carbocycles. The summed E-state index contributed by atoms with van der Waals surface area (Å²) in [5.41, 5.74) is -1.29. The molecule has 0 amide bonds. The van der Waals surface area contributed by atoms with Crippen LogP contribution < -0.4 is 39.6 Å². The molecule has 17 nitrogen and oxygen atoms in total. The number of hydrogen-bond donors (Lipinski definition) is 3. The molecule has 0 saturated carbocycles. The maximum atomic E-state index is 13.1. The van der Waals surface area contributed by atoms with Crippen molar-refractivity contribution in [1.82, 2.24) is 9.97 Å². The van der Waals surface area contributed by atoms with E-state index in [0.717, 1.165) is 17.4 Å². The predicted octanol–water partition coefficient (Wildman–Crippen LogP) is 8.62. The minimum Gasteiger partial charge on any atom is -0.870 e. The quantitative estimate of drug-likeness (QED) is 0.0279. The van der Waals surface area contributed by atoms with Crippen molar-refractivity contribution >= 4 is 58.3 Å². The number of allylic oxidation sites excluding steroid dienone is 4. The molecule has 22 heteroatoms. The smallest absolute Gasteiger partial charge is 0.870 e. The molecule has 0 spiro atoms. The van der Waals surface area contributed by atoms with Crippen LogP contribution in [0.5, 0.6) is 33.4 Å². The number of ketones is 2. The van der Waals surface area contributed by atoms with Crippen LogP contribution in [0.3, 0.4) is 0 Å². The number of carboxylic acid groups (broad SMARTS) is 1. The van der Waals surface area contributed by atoms with Crippen molar-refractivity contribution in [3.05, 3.63) is 172 Å². The summed E-state index contributed by atoms with van der Waals surface area (Å²) in [6.07, 6.45) is 10.5. The number of benzene rings is 2. The van der Waals surface area contributed by atoms with Gasteiger partial charge in [0.25, 0.3) is 10.4 Å². The van der Waals surface area contributed by atoms with Gasteiger partial charge in [-0.05, 0) is 125 Å². The number of aromatic hydroxyl groups is 2. The van der Waals surface area contributed by atoms with Crippen LogP contribution in [0, 0.1) is 25.5 Å². The maximum Gasteiger partial charge on any atom is 1.00 e. The summed E-state index contributed by atoms with van der Waals surface area (Å²) in [6, 6.07) is 13.5. The molecule has 4 aromatic heterocycles. The molecule has 390 valence electrons. The number of methoxy groups -OCH3 is 1. The number of carboxylic acids is 1. The first kappa shape index (κ1) is 61.8. The van der Waals surface area contributed by atoms with Crippen molar-refractivity contribution in [3.8, 4) is 33.4 Å². The minimum atomic E-state index is -1.05. The Bertz CT molecular complexity index is 3230. The largest absolute Gasteiger partial charge is 1.00 e. The SMILES string of the molecule is C/C(=C\c1sc(Oc2ccc(F)cc2)nc1C)C(=O)c1c(O)cc(C(C)CC/C=C/C(=O)O)oc1=O.COC(=O)/C=C/CCC(C)c1cc(O)c(C(=O)/C(C)=C/c2sc(Oc3ccc(F)cc3)nc2C)c(=O)o1.[Li+].[OH-]. The molecule has 0 bridgehead atoms. The van der Waals surface area contributed by atoms with E-state index in [1.807, 2.05) is 0 Å². The van der Waals surface area contributed by atoms with Crippen LogP contribution in [0.2, 0.25) is 0 Å². The maximum absolute atomic E-state index is 13.1. The van der Waals surface area contributed by atoms with E-state index in [1.54, 1.807) is 39.8 Å². The average molecular weight is 1070 g/mol. The second-order valence-electron chi connectivity index (χ2n) is 16.3. The van der Waals surface area contributed by atoms with Gasteiger partial charge in [0, 0.05) is 36.1 Å². The number of rotatable bonds is 20. The van der Waals surface area contributed by atoms with Gasteiger partial charge in [-0.15, -0.1) is 0 Å². The Balaban J connectivity index is 0.000000385. The van der Waals surface area contributed by atoms with Crippen LogP contribution in [0.4, 0.5) is 8.78 Å². The van der Waals surface area contributed by atoms with Crippen molar-refractivity contribution < 1.29 is 90.7 Å². The van der Waals surface area contributed by atoms with Crippen molar-refractivity contribution in [3.63, 3.8) is 0 Å². The van der Waals surface area contributed by atoms with Gasteiger partial charge in [0.1, 0.15) is 57.3 Å². The summed E-state index contributed by atoms with van der Waals surface area (Å²) in [5, 5.41) is 30.2. The molecule has 75 heavy (non-hydrogen) atoms. The molecular weight excluding hydrogens is 1010 g/mol. The molecule has 6 rings (SSSR count). The standard InChI is InChI=1S/C27H26FNO7S.C26H24FNO7S.Li.H2O/c1-15(7-5-6-8-23(31)34-4)21-14-20(30)24(26(33)36-21)25(32)16(2)13-22-17(3)29-27(37-22)35-19-11-9-18(28)10-12-19;1-14(6-4-5-7-22(30)31)20-13-19(29)23(25(33)35-20)24(32)15(2)12-21-16(3)28-26(36-21)34-18-10-8-17(27)9-11-18;;/h6,8-15,30H,5,7H2,1-4H3;5,7-14,29H,4,6H2,1-3H3,(H,30,31);;1H2/q;;+1;/p-1/b8-6+,16-13+;7-5+,15-12+;;. The number of hydrogen-bond acceptors (Lipinski definition) is 18. The molecule has 0 radical (unpaired) electrons. The van der Waals surface area contributed by atoms with Gasteiger partial charge in [0.15, 0.2) is 11.6 Å². The number of halogens is 2.